The van der Waals surface area contributed by atoms with Gasteiger partial charge in [-0.25, -0.2) is 0 Å². The maximum atomic E-state index is 4.53. The van der Waals surface area contributed by atoms with E-state index in [9.17, 15) is 0 Å². The van der Waals surface area contributed by atoms with Crippen molar-refractivity contribution in [2.24, 2.45) is 0 Å². The molecule has 0 aliphatic heterocycles. The van der Waals surface area contributed by atoms with Gasteiger partial charge < -0.3 is 16.0 Å². The number of unbranched alkanes of at least 4 members (excludes halogenated alkanes) is 11. The van der Waals surface area contributed by atoms with Crippen LogP contribution >= 0.6 is 0 Å². The fourth-order valence-electron chi connectivity index (χ4n) is 3.18. The molecule has 1 heterocycles. The molecule has 0 bridgehead atoms. The highest BCUT2D eigenvalue weighted by molar-refractivity contribution is 5.42. The van der Waals surface area contributed by atoms with Crippen molar-refractivity contribution in [3.05, 3.63) is 0 Å². The van der Waals surface area contributed by atoms with E-state index in [1.165, 1.54) is 64.2 Å². The molecule has 0 unspecified atom stereocenters. The summed E-state index contributed by atoms with van der Waals surface area (Å²) in [5, 5.41) is 10.0. The van der Waals surface area contributed by atoms with Gasteiger partial charge in [0.25, 0.3) is 0 Å². The van der Waals surface area contributed by atoms with E-state index in [1.54, 1.807) is 0 Å². The van der Waals surface area contributed by atoms with Gasteiger partial charge in [-0.05, 0) is 19.3 Å². The number of aromatic nitrogens is 3. The molecule has 6 nitrogen and oxygen atoms in total. The van der Waals surface area contributed by atoms with Gasteiger partial charge in [-0.3, -0.25) is 0 Å². The summed E-state index contributed by atoms with van der Waals surface area (Å²) >= 11 is 0. The molecule has 0 saturated carbocycles. The third-order valence-electron chi connectivity index (χ3n) is 5.08. The van der Waals surface area contributed by atoms with Gasteiger partial charge in [0.05, 0.1) is 0 Å². The molecule has 168 valence electrons. The van der Waals surface area contributed by atoms with Crippen LogP contribution in [0.3, 0.4) is 0 Å². The number of nitrogens with one attached hydrogen (secondary N) is 3. The van der Waals surface area contributed by atoms with E-state index in [0.29, 0.717) is 17.8 Å². The minimum atomic E-state index is 0.665. The first-order valence-electron chi connectivity index (χ1n) is 12.3. The fourth-order valence-corrected chi connectivity index (χ4v) is 3.18. The quantitative estimate of drug-likeness (QED) is 0.211. The molecule has 0 saturated heterocycles. The van der Waals surface area contributed by atoms with Crippen LogP contribution < -0.4 is 16.0 Å². The Balaban J connectivity index is 2.27. The van der Waals surface area contributed by atoms with Gasteiger partial charge in [-0.1, -0.05) is 91.4 Å². The highest BCUT2D eigenvalue weighted by atomic mass is 15.3. The van der Waals surface area contributed by atoms with Crippen LogP contribution in [0.5, 0.6) is 0 Å². The lowest BCUT2D eigenvalue weighted by Crippen LogP contribution is -2.14. The monoisotopic (exact) mass is 406 g/mol. The molecule has 0 aliphatic carbocycles. The predicted molar refractivity (Wildman–Crippen MR) is 127 cm³/mol. The van der Waals surface area contributed by atoms with Crippen LogP contribution in [0.15, 0.2) is 0 Å². The second-order valence-electron chi connectivity index (χ2n) is 7.98. The predicted octanol–water partition coefficient (Wildman–Crippen LogP) is 6.63. The van der Waals surface area contributed by atoms with Crippen molar-refractivity contribution in [3.8, 4) is 0 Å². The van der Waals surface area contributed by atoms with E-state index in [1.807, 2.05) is 0 Å². The summed E-state index contributed by atoms with van der Waals surface area (Å²) < 4.78 is 0. The van der Waals surface area contributed by atoms with Crippen LogP contribution in [0.2, 0.25) is 0 Å². The molecule has 0 radical (unpaired) electrons. The Bertz CT molecular complexity index is 466. The van der Waals surface area contributed by atoms with Gasteiger partial charge in [0, 0.05) is 19.6 Å². The lowest BCUT2D eigenvalue weighted by Gasteiger charge is -2.11. The summed E-state index contributed by atoms with van der Waals surface area (Å²) in [7, 11) is 0. The molecule has 0 spiro atoms. The SMILES string of the molecule is CCCCCCCCCCCCNc1nc(NCCCC)nc(NCCCC)n1. The Kier molecular flexibility index (Phi) is 16.2. The smallest absolute Gasteiger partial charge is 0.229 e. The first-order chi connectivity index (χ1) is 14.3. The van der Waals surface area contributed by atoms with Crippen molar-refractivity contribution in [1.29, 1.82) is 0 Å². The van der Waals surface area contributed by atoms with E-state index in [0.717, 1.165) is 45.3 Å². The molecule has 3 N–H and O–H groups in total. The normalized spacial score (nSPS) is 10.9. The summed E-state index contributed by atoms with van der Waals surface area (Å²) in [4.78, 5) is 13.6. The van der Waals surface area contributed by atoms with E-state index >= 15 is 0 Å². The lowest BCUT2D eigenvalue weighted by molar-refractivity contribution is 0.559. The number of rotatable bonds is 20. The topological polar surface area (TPSA) is 74.8 Å². The van der Waals surface area contributed by atoms with Crippen molar-refractivity contribution < 1.29 is 0 Å². The van der Waals surface area contributed by atoms with Crippen LogP contribution in [0, 0.1) is 0 Å². The first kappa shape index (κ1) is 25.4. The van der Waals surface area contributed by atoms with Crippen molar-refractivity contribution in [2.45, 2.75) is 111 Å². The molecular weight excluding hydrogens is 360 g/mol. The zero-order chi connectivity index (χ0) is 21.0. The molecular formula is C23H46N6. The first-order valence-corrected chi connectivity index (χ1v) is 12.3. The van der Waals surface area contributed by atoms with E-state index in [2.05, 4.69) is 51.7 Å². The van der Waals surface area contributed by atoms with E-state index in [4.69, 9.17) is 0 Å². The number of hydrogen-bond donors (Lipinski definition) is 3. The van der Waals surface area contributed by atoms with Gasteiger partial charge >= 0.3 is 0 Å². The summed E-state index contributed by atoms with van der Waals surface area (Å²) in [6.07, 6.45) is 18.0. The molecule has 0 aliphatic rings. The van der Waals surface area contributed by atoms with E-state index in [-0.39, 0.29) is 0 Å². The number of anilines is 3. The summed E-state index contributed by atoms with van der Waals surface area (Å²) in [5.74, 6) is 2.00. The zero-order valence-corrected chi connectivity index (χ0v) is 19.4. The molecule has 6 heteroatoms. The van der Waals surface area contributed by atoms with Gasteiger partial charge in [0.1, 0.15) is 0 Å². The second-order valence-corrected chi connectivity index (χ2v) is 7.98. The third-order valence-corrected chi connectivity index (χ3v) is 5.08. The molecule has 0 amide bonds. The van der Waals surface area contributed by atoms with Gasteiger partial charge in [-0.15, -0.1) is 0 Å². The average Bonchev–Trinajstić information content (AvgIpc) is 2.72. The maximum absolute atomic E-state index is 4.53. The summed E-state index contributed by atoms with van der Waals surface area (Å²) in [6, 6.07) is 0. The van der Waals surface area contributed by atoms with Crippen LogP contribution in [0.4, 0.5) is 17.8 Å². The van der Waals surface area contributed by atoms with Crippen molar-refractivity contribution in [1.82, 2.24) is 15.0 Å². The lowest BCUT2D eigenvalue weighted by atomic mass is 10.1. The Morgan fingerprint density at radius 2 is 0.724 bits per heavy atom. The van der Waals surface area contributed by atoms with Crippen LogP contribution in [0.25, 0.3) is 0 Å². The Labute approximate surface area is 179 Å². The Hall–Kier alpha value is -1.59. The van der Waals surface area contributed by atoms with Crippen molar-refractivity contribution >= 4 is 17.8 Å². The van der Waals surface area contributed by atoms with Gasteiger partial charge in [0.15, 0.2) is 0 Å². The minimum Gasteiger partial charge on any atom is -0.354 e. The zero-order valence-electron chi connectivity index (χ0n) is 19.4. The van der Waals surface area contributed by atoms with Crippen molar-refractivity contribution in [3.63, 3.8) is 0 Å². The van der Waals surface area contributed by atoms with Gasteiger partial charge in [-0.2, -0.15) is 15.0 Å². The van der Waals surface area contributed by atoms with E-state index < -0.39 is 0 Å². The third kappa shape index (κ3) is 14.1. The summed E-state index contributed by atoms with van der Waals surface area (Å²) in [6.45, 7) is 9.36. The van der Waals surface area contributed by atoms with Crippen molar-refractivity contribution in [2.75, 3.05) is 35.6 Å². The molecule has 1 aromatic heterocycles. The van der Waals surface area contributed by atoms with Crippen LogP contribution in [-0.2, 0) is 0 Å². The summed E-state index contributed by atoms with van der Waals surface area (Å²) in [5.41, 5.74) is 0. The highest BCUT2D eigenvalue weighted by Crippen LogP contribution is 2.12. The second kappa shape index (κ2) is 18.4. The van der Waals surface area contributed by atoms with Crippen LogP contribution in [0.1, 0.15) is 111 Å². The fraction of sp³-hybridized carbons (Fsp3) is 0.870. The minimum absolute atomic E-state index is 0.665. The molecule has 1 aromatic rings. The average molecular weight is 407 g/mol. The molecule has 0 aromatic carbocycles. The number of nitrogens with zero attached hydrogens (tertiary/aromatic N) is 3. The maximum Gasteiger partial charge on any atom is 0.229 e. The molecule has 0 fully saturated rings. The Morgan fingerprint density at radius 3 is 1.10 bits per heavy atom. The Morgan fingerprint density at radius 1 is 0.414 bits per heavy atom. The number of hydrogen-bond acceptors (Lipinski definition) is 6. The van der Waals surface area contributed by atoms with Gasteiger partial charge in [0.2, 0.25) is 17.8 Å². The molecule has 0 atom stereocenters. The largest absolute Gasteiger partial charge is 0.354 e. The molecule has 1 rings (SSSR count). The molecule has 29 heavy (non-hydrogen) atoms. The highest BCUT2D eigenvalue weighted by Gasteiger charge is 2.06. The standard InChI is InChI=1S/C23H46N6/c1-4-7-10-11-12-13-14-15-16-17-20-26-23-28-21(24-18-8-5-2)27-22(29-23)25-19-9-6-3/h4-20H2,1-3H3,(H3,24,25,26,27,28,29). The van der Waals surface area contributed by atoms with Crippen LogP contribution in [-0.4, -0.2) is 34.6 Å².